The maximum atomic E-state index is 14.2. The van der Waals surface area contributed by atoms with Crippen LogP contribution in [-0.4, -0.2) is 25.1 Å². The average molecular weight is 338 g/mol. The van der Waals surface area contributed by atoms with Crippen LogP contribution in [0.1, 0.15) is 47.3 Å². The third-order valence-corrected chi connectivity index (χ3v) is 5.01. The van der Waals surface area contributed by atoms with Gasteiger partial charge in [0, 0.05) is 11.6 Å². The Morgan fingerprint density at radius 3 is 2.74 bits per heavy atom. The Hall–Kier alpha value is -2.22. The van der Waals surface area contributed by atoms with Crippen LogP contribution in [0.4, 0.5) is 10.1 Å². The zero-order chi connectivity index (χ0) is 16.6. The van der Waals surface area contributed by atoms with Crippen LogP contribution in [-0.2, 0) is 10.0 Å². The number of anilines is 1. The molecular weight excluding hydrogens is 323 g/mol. The van der Waals surface area contributed by atoms with E-state index >= 15 is 0 Å². The van der Waals surface area contributed by atoms with Gasteiger partial charge in [-0.15, -0.1) is 0 Å². The van der Waals surface area contributed by atoms with E-state index in [9.17, 15) is 17.6 Å². The van der Waals surface area contributed by atoms with Crippen LogP contribution in [0.5, 0.6) is 0 Å². The van der Waals surface area contributed by atoms with Crippen molar-refractivity contribution in [2.45, 2.75) is 25.7 Å². The van der Waals surface area contributed by atoms with Crippen LogP contribution in [0.3, 0.4) is 0 Å². The van der Waals surface area contributed by atoms with E-state index in [1.165, 1.54) is 25.3 Å². The van der Waals surface area contributed by atoms with E-state index in [0.29, 0.717) is 5.56 Å². The van der Waals surface area contributed by atoms with E-state index < -0.39 is 21.6 Å². The van der Waals surface area contributed by atoms with Gasteiger partial charge in [-0.2, -0.15) is 0 Å². The molecule has 122 valence electrons. The molecule has 0 bridgehead atoms. The minimum Gasteiger partial charge on any atom is -0.364 e. The molecule has 1 aliphatic rings. The second-order valence-corrected chi connectivity index (χ2v) is 7.42. The van der Waals surface area contributed by atoms with E-state index in [-0.39, 0.29) is 28.6 Å². The molecule has 1 N–H and O–H groups in total. The van der Waals surface area contributed by atoms with Crippen molar-refractivity contribution in [2.24, 2.45) is 0 Å². The van der Waals surface area contributed by atoms with Gasteiger partial charge in [-0.05, 0) is 43.4 Å². The number of halogens is 1. The Labute approximate surface area is 132 Å². The number of ketones is 1. The van der Waals surface area contributed by atoms with Gasteiger partial charge in [0.1, 0.15) is 12.1 Å². The van der Waals surface area contributed by atoms with Gasteiger partial charge >= 0.3 is 0 Å². The molecule has 23 heavy (non-hydrogen) atoms. The lowest BCUT2D eigenvalue weighted by molar-refractivity contribution is 0.103. The second-order valence-electron chi connectivity index (χ2n) is 5.41. The number of rotatable bonds is 6. The summed E-state index contributed by atoms with van der Waals surface area (Å²) in [4.78, 5) is 12.5. The molecule has 0 amide bonds. The second kappa shape index (κ2) is 5.77. The van der Waals surface area contributed by atoms with Crippen molar-refractivity contribution in [1.82, 2.24) is 5.16 Å². The Balaban J connectivity index is 2.09. The van der Waals surface area contributed by atoms with Gasteiger partial charge in [0.2, 0.25) is 15.8 Å². The molecule has 0 spiro atoms. The summed E-state index contributed by atoms with van der Waals surface area (Å²) in [5, 5.41) is 3.57. The van der Waals surface area contributed by atoms with Crippen LogP contribution < -0.4 is 4.72 Å². The highest BCUT2D eigenvalue weighted by Crippen LogP contribution is 2.42. The molecule has 1 aromatic heterocycles. The Morgan fingerprint density at radius 1 is 1.43 bits per heavy atom. The van der Waals surface area contributed by atoms with E-state index in [2.05, 4.69) is 14.4 Å². The summed E-state index contributed by atoms with van der Waals surface area (Å²) in [5.41, 5.74) is 0.451. The zero-order valence-electron chi connectivity index (χ0n) is 12.4. The van der Waals surface area contributed by atoms with Gasteiger partial charge in [0.25, 0.3) is 0 Å². The Bertz CT molecular complexity index is 843. The number of nitrogens with zero attached hydrogens (tertiary/aromatic N) is 1. The van der Waals surface area contributed by atoms with E-state index in [0.717, 1.165) is 18.9 Å². The summed E-state index contributed by atoms with van der Waals surface area (Å²) in [6.45, 7) is 1.45. The van der Waals surface area contributed by atoms with Gasteiger partial charge in [-0.25, -0.2) is 12.8 Å². The van der Waals surface area contributed by atoms with E-state index in [4.69, 9.17) is 0 Å². The summed E-state index contributed by atoms with van der Waals surface area (Å²) in [6.07, 6.45) is 2.96. The fourth-order valence-electron chi connectivity index (χ4n) is 2.28. The van der Waals surface area contributed by atoms with Crippen molar-refractivity contribution in [3.63, 3.8) is 0 Å². The first-order chi connectivity index (χ1) is 10.9. The Morgan fingerprint density at radius 2 is 2.17 bits per heavy atom. The van der Waals surface area contributed by atoms with E-state index in [1.54, 1.807) is 0 Å². The minimum absolute atomic E-state index is 0.0373. The first kappa shape index (κ1) is 15.7. The Kier molecular flexibility index (Phi) is 3.93. The molecule has 1 aromatic carbocycles. The first-order valence-corrected chi connectivity index (χ1v) is 8.85. The average Bonchev–Trinajstić information content (AvgIpc) is 3.20. The molecule has 0 aliphatic heterocycles. The van der Waals surface area contributed by atoms with E-state index in [1.807, 2.05) is 0 Å². The molecule has 8 heteroatoms. The monoisotopic (exact) mass is 338 g/mol. The fraction of sp³-hybridized carbons (Fsp3) is 0.333. The van der Waals surface area contributed by atoms with Crippen molar-refractivity contribution in [3.8, 4) is 0 Å². The normalized spacial score (nSPS) is 14.7. The molecule has 1 aliphatic carbocycles. The molecule has 1 saturated carbocycles. The number of hydrogen-bond donors (Lipinski definition) is 1. The topological polar surface area (TPSA) is 89.3 Å². The molecule has 0 unspecified atom stereocenters. The zero-order valence-corrected chi connectivity index (χ0v) is 13.2. The number of benzene rings is 1. The number of sulfonamides is 1. The predicted molar refractivity (Wildman–Crippen MR) is 81.4 cm³/mol. The van der Waals surface area contributed by atoms with Crippen molar-refractivity contribution < 1.29 is 22.1 Å². The SMILES string of the molecule is CCS(=O)(=O)Nc1cc(F)c(C2CC2)cc1C(=O)c1ccon1. The van der Waals surface area contributed by atoms with Crippen LogP contribution in [0.15, 0.2) is 29.0 Å². The highest BCUT2D eigenvalue weighted by atomic mass is 32.2. The lowest BCUT2D eigenvalue weighted by atomic mass is 10.00. The summed E-state index contributed by atoms with van der Waals surface area (Å²) in [5.74, 6) is -1.14. The standard InChI is InChI=1S/C15H15FN2O4S/c1-2-23(20,21)18-14-8-12(16)10(9-3-4-9)7-11(14)15(19)13-5-6-22-17-13/h5-9,18H,2-4H2,1H3. The highest BCUT2D eigenvalue weighted by Gasteiger charge is 2.30. The van der Waals surface area contributed by atoms with Crippen molar-refractivity contribution in [2.75, 3.05) is 10.5 Å². The first-order valence-electron chi connectivity index (χ1n) is 7.20. The summed E-state index contributed by atoms with van der Waals surface area (Å²) >= 11 is 0. The lowest BCUT2D eigenvalue weighted by Gasteiger charge is -2.13. The molecule has 0 atom stereocenters. The molecule has 0 radical (unpaired) electrons. The summed E-state index contributed by atoms with van der Waals surface area (Å²) in [6, 6.07) is 3.85. The quantitative estimate of drug-likeness (QED) is 0.818. The molecular formula is C15H15FN2O4S. The summed E-state index contributed by atoms with van der Waals surface area (Å²) < 4.78 is 44.7. The van der Waals surface area contributed by atoms with Crippen LogP contribution in [0.25, 0.3) is 0 Å². The largest absolute Gasteiger partial charge is 0.364 e. The van der Waals surface area contributed by atoms with Crippen LogP contribution in [0.2, 0.25) is 0 Å². The van der Waals surface area contributed by atoms with Gasteiger partial charge < -0.3 is 4.52 Å². The molecule has 6 nitrogen and oxygen atoms in total. The number of carbonyl (C=O) groups is 1. The third-order valence-electron chi connectivity index (χ3n) is 3.71. The number of aromatic nitrogens is 1. The van der Waals surface area contributed by atoms with Crippen LogP contribution in [0, 0.1) is 5.82 Å². The van der Waals surface area contributed by atoms with Gasteiger partial charge in [-0.1, -0.05) is 5.16 Å². The highest BCUT2D eigenvalue weighted by molar-refractivity contribution is 7.92. The molecule has 1 fully saturated rings. The van der Waals surface area contributed by atoms with Crippen LogP contribution >= 0.6 is 0 Å². The van der Waals surface area contributed by atoms with Crippen molar-refractivity contribution in [3.05, 3.63) is 47.1 Å². The lowest BCUT2D eigenvalue weighted by Crippen LogP contribution is -2.18. The molecule has 1 heterocycles. The predicted octanol–water partition coefficient (Wildman–Crippen LogP) is 2.68. The van der Waals surface area contributed by atoms with Gasteiger partial charge in [0.05, 0.1) is 11.4 Å². The summed E-state index contributed by atoms with van der Waals surface area (Å²) in [7, 11) is -3.64. The maximum absolute atomic E-state index is 14.2. The third kappa shape index (κ3) is 3.26. The van der Waals surface area contributed by atoms with Crippen molar-refractivity contribution >= 4 is 21.5 Å². The van der Waals surface area contributed by atoms with Gasteiger partial charge in [-0.3, -0.25) is 9.52 Å². The van der Waals surface area contributed by atoms with Gasteiger partial charge in [0.15, 0.2) is 5.69 Å². The smallest absolute Gasteiger partial charge is 0.232 e. The minimum atomic E-state index is -3.64. The fourth-order valence-corrected chi connectivity index (χ4v) is 2.93. The number of carbonyl (C=O) groups excluding carboxylic acids is 1. The number of nitrogens with one attached hydrogen (secondary N) is 1. The molecule has 0 saturated heterocycles. The number of hydrogen-bond acceptors (Lipinski definition) is 5. The molecule has 3 rings (SSSR count). The maximum Gasteiger partial charge on any atom is 0.232 e. The molecule has 2 aromatic rings. The van der Waals surface area contributed by atoms with Crippen molar-refractivity contribution in [1.29, 1.82) is 0 Å².